The largest absolute Gasteiger partial charge is 0.386 e. The van der Waals surface area contributed by atoms with Crippen molar-refractivity contribution in [3.05, 3.63) is 60.2 Å². The molecule has 0 bridgehead atoms. The van der Waals surface area contributed by atoms with E-state index >= 15 is 0 Å². The molecule has 0 unspecified atom stereocenters. The topological polar surface area (TPSA) is 50.7 Å². The molecule has 0 aliphatic carbocycles. The van der Waals surface area contributed by atoms with Crippen molar-refractivity contribution in [2.75, 3.05) is 0 Å². The van der Waals surface area contributed by atoms with Crippen LogP contribution in [-0.2, 0) is 0 Å². The Hall–Kier alpha value is -2.42. The van der Waals surface area contributed by atoms with Crippen molar-refractivity contribution in [1.29, 1.82) is 0 Å². The van der Waals surface area contributed by atoms with Gasteiger partial charge in [-0.15, -0.1) is 5.10 Å². The second-order valence-corrected chi connectivity index (χ2v) is 4.58. The lowest BCUT2D eigenvalue weighted by Crippen LogP contribution is -2.17. The van der Waals surface area contributed by atoms with Crippen LogP contribution in [0.15, 0.2) is 64.8 Å². The van der Waals surface area contributed by atoms with Gasteiger partial charge in [0, 0.05) is 6.42 Å². The lowest BCUT2D eigenvalue weighted by molar-refractivity contribution is 1.02. The summed E-state index contributed by atoms with van der Waals surface area (Å²) in [6.45, 7) is 0. The zero-order chi connectivity index (χ0) is 13.1. The first-order chi connectivity index (χ1) is 9.33. The van der Waals surface area contributed by atoms with Gasteiger partial charge in [0.15, 0.2) is 0 Å². The van der Waals surface area contributed by atoms with Crippen LogP contribution in [-0.4, -0.2) is 11.5 Å². The summed E-state index contributed by atoms with van der Waals surface area (Å²) >= 11 is 0. The van der Waals surface area contributed by atoms with Gasteiger partial charge in [-0.25, -0.2) is 0 Å². The molecule has 0 radical (unpaired) electrons. The number of nitrogens with two attached hydrogens (primary N) is 1. The van der Waals surface area contributed by atoms with E-state index in [1.165, 1.54) is 11.1 Å². The average Bonchev–Trinajstić information content (AvgIpc) is 2.49. The van der Waals surface area contributed by atoms with Gasteiger partial charge in [0.2, 0.25) is 0 Å². The highest BCUT2D eigenvalue weighted by molar-refractivity contribution is 6.04. The van der Waals surface area contributed by atoms with E-state index in [-0.39, 0.29) is 0 Å². The SMILES string of the molecule is NC1=NN=C(c2ccc(-c3ccccc3)cc2)CC1. The molecule has 2 aromatic carbocycles. The quantitative estimate of drug-likeness (QED) is 0.873. The molecular formula is C16H15N3. The van der Waals surface area contributed by atoms with Crippen molar-refractivity contribution in [3.63, 3.8) is 0 Å². The molecule has 0 fully saturated rings. The van der Waals surface area contributed by atoms with Crippen LogP contribution in [0.1, 0.15) is 18.4 Å². The first kappa shape index (κ1) is 11.7. The van der Waals surface area contributed by atoms with Crippen molar-refractivity contribution >= 4 is 11.5 Å². The third-order valence-electron chi connectivity index (χ3n) is 3.24. The van der Waals surface area contributed by atoms with E-state index in [1.807, 2.05) is 18.2 Å². The van der Waals surface area contributed by atoms with E-state index in [1.54, 1.807) is 0 Å². The van der Waals surface area contributed by atoms with Crippen molar-refractivity contribution in [2.24, 2.45) is 15.9 Å². The molecular weight excluding hydrogens is 234 g/mol. The highest BCUT2D eigenvalue weighted by atomic mass is 15.2. The van der Waals surface area contributed by atoms with Crippen LogP contribution in [0.25, 0.3) is 11.1 Å². The maximum absolute atomic E-state index is 5.62. The third kappa shape index (κ3) is 2.55. The predicted molar refractivity (Wildman–Crippen MR) is 79.3 cm³/mol. The Bertz CT molecular complexity index is 625. The Morgan fingerprint density at radius 2 is 1.32 bits per heavy atom. The fourth-order valence-electron chi connectivity index (χ4n) is 2.16. The monoisotopic (exact) mass is 249 g/mol. The van der Waals surface area contributed by atoms with Gasteiger partial charge in [-0.2, -0.15) is 5.10 Å². The van der Waals surface area contributed by atoms with Crippen LogP contribution < -0.4 is 5.73 Å². The molecule has 0 amide bonds. The van der Waals surface area contributed by atoms with E-state index in [9.17, 15) is 0 Å². The summed E-state index contributed by atoms with van der Waals surface area (Å²) in [5.41, 5.74) is 10.2. The Morgan fingerprint density at radius 3 is 1.95 bits per heavy atom. The highest BCUT2D eigenvalue weighted by Crippen LogP contribution is 2.20. The molecule has 2 N–H and O–H groups in total. The summed E-state index contributed by atoms with van der Waals surface area (Å²) < 4.78 is 0. The van der Waals surface area contributed by atoms with Gasteiger partial charge in [-0.3, -0.25) is 0 Å². The molecule has 0 atom stereocenters. The number of benzene rings is 2. The Balaban J connectivity index is 1.88. The smallest absolute Gasteiger partial charge is 0.122 e. The fraction of sp³-hybridized carbons (Fsp3) is 0.125. The molecule has 1 heterocycles. The first-order valence-corrected chi connectivity index (χ1v) is 6.38. The van der Waals surface area contributed by atoms with Crippen LogP contribution in [0.3, 0.4) is 0 Å². The number of nitrogens with zero attached hydrogens (tertiary/aromatic N) is 2. The standard InChI is InChI=1S/C16H15N3/c17-16-11-10-15(18-19-16)14-8-6-13(7-9-14)12-4-2-1-3-5-12/h1-9H,10-11H2,(H2,17,19). The number of rotatable bonds is 2. The van der Waals surface area contributed by atoms with E-state index in [0.717, 1.165) is 24.1 Å². The molecule has 0 saturated heterocycles. The fourth-order valence-corrected chi connectivity index (χ4v) is 2.16. The summed E-state index contributed by atoms with van der Waals surface area (Å²) in [4.78, 5) is 0. The molecule has 3 heteroatoms. The maximum atomic E-state index is 5.62. The number of amidine groups is 1. The lowest BCUT2D eigenvalue weighted by Gasteiger charge is -2.10. The van der Waals surface area contributed by atoms with Gasteiger partial charge in [0.25, 0.3) is 0 Å². The summed E-state index contributed by atoms with van der Waals surface area (Å²) in [6.07, 6.45) is 1.65. The van der Waals surface area contributed by atoms with Crippen LogP contribution >= 0.6 is 0 Å². The van der Waals surface area contributed by atoms with Crippen molar-refractivity contribution in [2.45, 2.75) is 12.8 Å². The zero-order valence-electron chi connectivity index (χ0n) is 10.6. The van der Waals surface area contributed by atoms with E-state index in [2.05, 4.69) is 46.6 Å². The molecule has 0 aromatic heterocycles. The molecule has 19 heavy (non-hydrogen) atoms. The van der Waals surface area contributed by atoms with Gasteiger partial charge in [0.1, 0.15) is 5.84 Å². The Labute approximate surface area is 112 Å². The maximum Gasteiger partial charge on any atom is 0.122 e. The molecule has 1 aliphatic heterocycles. The Morgan fingerprint density at radius 1 is 0.684 bits per heavy atom. The minimum Gasteiger partial charge on any atom is -0.386 e. The molecule has 0 spiro atoms. The van der Waals surface area contributed by atoms with Crippen molar-refractivity contribution < 1.29 is 0 Å². The zero-order valence-corrected chi connectivity index (χ0v) is 10.6. The van der Waals surface area contributed by atoms with Crippen molar-refractivity contribution in [3.8, 4) is 11.1 Å². The molecule has 3 nitrogen and oxygen atoms in total. The van der Waals surface area contributed by atoms with Gasteiger partial charge >= 0.3 is 0 Å². The summed E-state index contributed by atoms with van der Waals surface area (Å²) in [5.74, 6) is 0.615. The Kier molecular flexibility index (Phi) is 3.11. The predicted octanol–water partition coefficient (Wildman–Crippen LogP) is 3.21. The van der Waals surface area contributed by atoms with Gasteiger partial charge in [0.05, 0.1) is 5.71 Å². The molecule has 2 aromatic rings. The first-order valence-electron chi connectivity index (χ1n) is 6.38. The molecule has 1 aliphatic rings. The number of hydrogen-bond acceptors (Lipinski definition) is 3. The highest BCUT2D eigenvalue weighted by Gasteiger charge is 2.09. The van der Waals surface area contributed by atoms with Crippen LogP contribution in [0, 0.1) is 0 Å². The van der Waals surface area contributed by atoms with Gasteiger partial charge < -0.3 is 5.73 Å². The van der Waals surface area contributed by atoms with E-state index in [4.69, 9.17) is 5.73 Å². The van der Waals surface area contributed by atoms with E-state index in [0.29, 0.717) is 5.84 Å². The van der Waals surface area contributed by atoms with Crippen LogP contribution in [0.2, 0.25) is 0 Å². The second-order valence-electron chi connectivity index (χ2n) is 4.58. The summed E-state index contributed by atoms with van der Waals surface area (Å²) in [6, 6.07) is 18.8. The summed E-state index contributed by atoms with van der Waals surface area (Å²) in [7, 11) is 0. The minimum atomic E-state index is 0.615. The molecule has 0 saturated carbocycles. The molecule has 3 rings (SSSR count). The second kappa shape index (κ2) is 5.06. The van der Waals surface area contributed by atoms with E-state index < -0.39 is 0 Å². The lowest BCUT2D eigenvalue weighted by atomic mass is 10.00. The average molecular weight is 249 g/mol. The van der Waals surface area contributed by atoms with Gasteiger partial charge in [-0.05, 0) is 23.1 Å². The third-order valence-corrected chi connectivity index (χ3v) is 3.24. The minimum absolute atomic E-state index is 0.615. The summed E-state index contributed by atoms with van der Waals surface area (Å²) in [5, 5.41) is 8.11. The molecule has 94 valence electrons. The number of hydrogen-bond donors (Lipinski definition) is 1. The van der Waals surface area contributed by atoms with Crippen LogP contribution in [0.4, 0.5) is 0 Å². The van der Waals surface area contributed by atoms with Crippen molar-refractivity contribution in [1.82, 2.24) is 0 Å². The van der Waals surface area contributed by atoms with Crippen LogP contribution in [0.5, 0.6) is 0 Å². The van der Waals surface area contributed by atoms with Gasteiger partial charge in [-0.1, -0.05) is 54.6 Å². The normalized spacial score (nSPS) is 14.7.